The van der Waals surface area contributed by atoms with Crippen molar-refractivity contribution in [2.24, 2.45) is 0 Å². The van der Waals surface area contributed by atoms with E-state index in [4.69, 9.17) is 10.5 Å². The number of thiophene rings is 1. The van der Waals surface area contributed by atoms with E-state index in [1.807, 2.05) is 30.3 Å². The molecule has 0 fully saturated rings. The smallest absolute Gasteiger partial charge is 0.274 e. The lowest BCUT2D eigenvalue weighted by Gasteiger charge is -2.16. The third-order valence-electron chi connectivity index (χ3n) is 6.25. The normalized spacial score (nSPS) is 11.5. The molecule has 5 aromatic rings. The monoisotopic (exact) mass is 585 g/mol. The summed E-state index contributed by atoms with van der Waals surface area (Å²) in [6.45, 7) is 2.22. The molecule has 0 radical (unpaired) electrons. The van der Waals surface area contributed by atoms with Crippen LogP contribution in [0.3, 0.4) is 0 Å². The maximum Gasteiger partial charge on any atom is 0.274 e. The lowest BCUT2D eigenvalue weighted by molar-refractivity contribution is 0.0935. The van der Waals surface area contributed by atoms with Gasteiger partial charge in [-0.05, 0) is 60.4 Å². The van der Waals surface area contributed by atoms with Gasteiger partial charge in [0.1, 0.15) is 24.4 Å². The number of rotatable bonds is 8. The zero-order chi connectivity index (χ0) is 29.6. The molecule has 4 N–H and O–H groups in total. The summed E-state index contributed by atoms with van der Waals surface area (Å²) in [5.74, 6) is 3.74. The van der Waals surface area contributed by atoms with Crippen molar-refractivity contribution < 1.29 is 18.3 Å². The number of amides is 1. The van der Waals surface area contributed by atoms with Crippen molar-refractivity contribution in [3.05, 3.63) is 94.5 Å². The lowest BCUT2D eigenvalue weighted by atomic mass is 10.1. The summed E-state index contributed by atoms with van der Waals surface area (Å²) < 4.78 is 32.1. The number of fused-ring (bicyclic) bond motifs is 1. The molecule has 0 unspecified atom stereocenters. The third kappa shape index (κ3) is 6.49. The fraction of sp³-hybridized carbons (Fsp3) is 0.167. The van der Waals surface area contributed by atoms with Gasteiger partial charge in [-0.3, -0.25) is 4.79 Å². The van der Waals surface area contributed by atoms with E-state index >= 15 is 0 Å². The summed E-state index contributed by atoms with van der Waals surface area (Å²) in [6, 6.07) is 12.6. The maximum absolute atomic E-state index is 13.8. The Morgan fingerprint density at radius 3 is 2.76 bits per heavy atom. The first kappa shape index (κ1) is 28.5. The molecule has 212 valence electrons. The van der Waals surface area contributed by atoms with Crippen LogP contribution in [0.15, 0.2) is 61.1 Å². The van der Waals surface area contributed by atoms with Gasteiger partial charge in [0.05, 0.1) is 24.3 Å². The van der Waals surface area contributed by atoms with Crippen molar-refractivity contribution in [1.29, 1.82) is 0 Å². The number of hydrogen-bond acceptors (Lipinski definition) is 9. The van der Waals surface area contributed by atoms with Crippen LogP contribution in [0, 0.1) is 23.5 Å². The van der Waals surface area contributed by atoms with Gasteiger partial charge in [0.25, 0.3) is 5.91 Å². The second kappa shape index (κ2) is 12.7. The molecule has 9 nitrogen and oxygen atoms in total. The number of nitrogens with one attached hydrogen (secondary N) is 2. The fourth-order valence-electron chi connectivity index (χ4n) is 4.09. The highest BCUT2D eigenvalue weighted by Gasteiger charge is 2.20. The molecule has 0 saturated heterocycles. The Balaban J connectivity index is 1.36. The van der Waals surface area contributed by atoms with E-state index in [9.17, 15) is 13.6 Å². The topological polar surface area (TPSA) is 128 Å². The summed E-state index contributed by atoms with van der Waals surface area (Å²) >= 11 is 1.57. The Labute approximate surface area is 244 Å². The molecule has 0 bridgehead atoms. The lowest BCUT2D eigenvalue weighted by Crippen LogP contribution is -2.29. The van der Waals surface area contributed by atoms with Crippen molar-refractivity contribution in [1.82, 2.24) is 25.3 Å². The largest absolute Gasteiger partial charge is 0.383 e. The molecule has 42 heavy (non-hydrogen) atoms. The van der Waals surface area contributed by atoms with Crippen LogP contribution in [-0.4, -0.2) is 39.6 Å². The molecule has 0 saturated carbocycles. The summed E-state index contributed by atoms with van der Waals surface area (Å²) in [4.78, 5) is 32.4. The molecule has 2 aromatic carbocycles. The van der Waals surface area contributed by atoms with Gasteiger partial charge in [0.15, 0.2) is 23.1 Å². The average molecular weight is 586 g/mol. The molecule has 0 aliphatic carbocycles. The zero-order valence-electron chi connectivity index (χ0n) is 22.6. The minimum absolute atomic E-state index is 0.00966. The van der Waals surface area contributed by atoms with Crippen molar-refractivity contribution in [3.63, 3.8) is 0 Å². The highest BCUT2D eigenvalue weighted by molar-refractivity contribution is 7.15. The van der Waals surface area contributed by atoms with E-state index in [0.29, 0.717) is 17.9 Å². The van der Waals surface area contributed by atoms with Crippen molar-refractivity contribution in [2.75, 3.05) is 24.8 Å². The number of anilines is 2. The number of nitrogens with two attached hydrogens (primary N) is 1. The van der Waals surface area contributed by atoms with Gasteiger partial charge < -0.3 is 21.1 Å². The molecule has 5 rings (SSSR count). The van der Waals surface area contributed by atoms with Gasteiger partial charge >= 0.3 is 0 Å². The van der Waals surface area contributed by atoms with Crippen molar-refractivity contribution in [3.8, 4) is 22.3 Å². The molecule has 12 heteroatoms. The Morgan fingerprint density at radius 2 is 1.95 bits per heavy atom. The van der Waals surface area contributed by atoms with Crippen molar-refractivity contribution >= 4 is 39.8 Å². The minimum Gasteiger partial charge on any atom is -0.383 e. The Bertz CT molecular complexity index is 1830. The second-order valence-electron chi connectivity index (χ2n) is 9.17. The SMILES string of the molecule is COCC#Cc1cnc(NCc2ccc(-c3ccc4ncnc(N)c4c3)s2)c(C(=O)N[C@@H](C)c2ccc(F)c(F)c2)n1. The molecule has 3 heterocycles. The van der Waals surface area contributed by atoms with Crippen LogP contribution < -0.4 is 16.4 Å². The molecule has 0 aliphatic heterocycles. The van der Waals surface area contributed by atoms with E-state index in [2.05, 4.69) is 42.4 Å². The van der Waals surface area contributed by atoms with Crippen LogP contribution in [0.2, 0.25) is 0 Å². The summed E-state index contributed by atoms with van der Waals surface area (Å²) in [6.07, 6.45) is 2.90. The third-order valence-corrected chi connectivity index (χ3v) is 7.39. The van der Waals surface area contributed by atoms with Crippen LogP contribution in [0.25, 0.3) is 21.3 Å². The van der Waals surface area contributed by atoms with Crippen LogP contribution in [0.1, 0.15) is 39.6 Å². The summed E-state index contributed by atoms with van der Waals surface area (Å²) in [5, 5.41) is 6.75. The number of carbonyl (C=O) groups is 1. The number of benzene rings is 2. The predicted octanol–water partition coefficient (Wildman–Crippen LogP) is 5.11. The standard InChI is InChI=1S/C30H25F2N7O2S/c1-17(18-5-8-23(31)24(32)13-18)38-30(40)27-29(34-14-20(39-27)4-3-11-41-2)35-15-21-7-10-26(42-21)19-6-9-25-22(12-19)28(33)37-16-36-25/h5-10,12-14,16-17H,11,15H2,1-2H3,(H,34,35)(H,38,40)(H2,33,36,37)/t17-/m0/s1. The van der Waals surface area contributed by atoms with E-state index in [0.717, 1.165) is 38.4 Å². The van der Waals surface area contributed by atoms with E-state index in [1.54, 1.807) is 18.3 Å². The minimum atomic E-state index is -0.998. The number of aromatic nitrogens is 4. The Kier molecular flexibility index (Phi) is 8.61. The van der Waals surface area contributed by atoms with Gasteiger partial charge in [-0.15, -0.1) is 11.3 Å². The fourth-order valence-corrected chi connectivity index (χ4v) is 5.04. The number of ether oxygens (including phenoxy) is 1. The Hall–Kier alpha value is -4.99. The van der Waals surface area contributed by atoms with Gasteiger partial charge in [0, 0.05) is 22.3 Å². The summed E-state index contributed by atoms with van der Waals surface area (Å²) in [7, 11) is 1.52. The highest BCUT2D eigenvalue weighted by atomic mass is 32.1. The number of nitrogen functional groups attached to an aromatic ring is 1. The van der Waals surface area contributed by atoms with Crippen LogP contribution >= 0.6 is 11.3 Å². The first-order chi connectivity index (χ1) is 20.3. The first-order valence-corrected chi connectivity index (χ1v) is 13.6. The molecule has 3 aromatic heterocycles. The molecule has 0 spiro atoms. The first-order valence-electron chi connectivity index (χ1n) is 12.8. The van der Waals surface area contributed by atoms with Gasteiger partial charge in [-0.1, -0.05) is 18.1 Å². The highest BCUT2D eigenvalue weighted by Crippen LogP contribution is 2.31. The van der Waals surface area contributed by atoms with Crippen molar-refractivity contribution in [2.45, 2.75) is 19.5 Å². The molecule has 1 amide bonds. The number of hydrogen-bond donors (Lipinski definition) is 3. The zero-order valence-corrected chi connectivity index (χ0v) is 23.4. The van der Waals surface area contributed by atoms with E-state index < -0.39 is 23.6 Å². The van der Waals surface area contributed by atoms with E-state index in [-0.39, 0.29) is 23.8 Å². The number of methoxy groups -OCH3 is 1. The van der Waals surface area contributed by atoms with E-state index in [1.165, 1.54) is 25.7 Å². The van der Waals surface area contributed by atoms with Crippen LogP contribution in [-0.2, 0) is 11.3 Å². The van der Waals surface area contributed by atoms with Gasteiger partial charge in [0.2, 0.25) is 0 Å². The van der Waals surface area contributed by atoms with Gasteiger partial charge in [-0.2, -0.15) is 0 Å². The van der Waals surface area contributed by atoms with Gasteiger partial charge in [-0.25, -0.2) is 28.7 Å². The quantitative estimate of drug-likeness (QED) is 0.215. The second-order valence-corrected chi connectivity index (χ2v) is 10.3. The van der Waals surface area contributed by atoms with Crippen LogP contribution in [0.4, 0.5) is 20.4 Å². The number of nitrogens with zero attached hydrogens (tertiary/aromatic N) is 4. The maximum atomic E-state index is 13.8. The summed E-state index contributed by atoms with van der Waals surface area (Å²) in [5.41, 5.74) is 8.46. The number of carbonyl (C=O) groups excluding carboxylic acids is 1. The Morgan fingerprint density at radius 1 is 1.10 bits per heavy atom. The predicted molar refractivity (Wildman–Crippen MR) is 158 cm³/mol. The average Bonchev–Trinajstić information content (AvgIpc) is 3.47. The molecule has 0 aliphatic rings. The van der Waals surface area contributed by atoms with Crippen LogP contribution in [0.5, 0.6) is 0 Å². The molecular weight excluding hydrogens is 560 g/mol. The molecular formula is C30H25F2N7O2S. The molecule has 1 atom stereocenters. The number of halogens is 2.